The van der Waals surface area contributed by atoms with Crippen molar-refractivity contribution in [3.8, 4) is 0 Å². The van der Waals surface area contributed by atoms with E-state index in [0.717, 1.165) is 32.4 Å². The molecule has 0 fully saturated rings. The van der Waals surface area contributed by atoms with Crippen molar-refractivity contribution in [2.75, 3.05) is 13.1 Å². The summed E-state index contributed by atoms with van der Waals surface area (Å²) in [6.45, 7) is 8.18. The van der Waals surface area contributed by atoms with Crippen molar-refractivity contribution in [1.29, 1.82) is 0 Å². The van der Waals surface area contributed by atoms with E-state index in [1.165, 1.54) is 0 Å². The molecule has 0 saturated carbocycles. The number of rotatable bonds is 8. The highest BCUT2D eigenvalue weighted by Crippen LogP contribution is 2.13. The highest BCUT2D eigenvalue weighted by molar-refractivity contribution is 5.78. The van der Waals surface area contributed by atoms with Crippen LogP contribution < -0.4 is 5.32 Å². The number of nitrogens with one attached hydrogen (secondary N) is 1. The predicted molar refractivity (Wildman–Crippen MR) is 56.9 cm³/mol. The molecule has 0 aliphatic carbocycles. The van der Waals surface area contributed by atoms with Crippen LogP contribution in [0.4, 0.5) is 0 Å². The molecule has 78 valence electrons. The largest absolute Gasteiger partial charge is 0.317 e. The standard InChI is InChI=1S/C11H23NO/c1-4-10(5-2)9-11(13)7-8-12-6-3/h10,12H,4-9H2,1-3H3. The minimum absolute atomic E-state index is 0.412. The summed E-state index contributed by atoms with van der Waals surface area (Å²) in [7, 11) is 0. The highest BCUT2D eigenvalue weighted by atomic mass is 16.1. The van der Waals surface area contributed by atoms with Gasteiger partial charge in [-0.05, 0) is 12.5 Å². The molecule has 0 rings (SSSR count). The summed E-state index contributed by atoms with van der Waals surface area (Å²) in [6.07, 6.45) is 3.73. The van der Waals surface area contributed by atoms with Gasteiger partial charge in [0.2, 0.25) is 0 Å². The van der Waals surface area contributed by atoms with Gasteiger partial charge in [0, 0.05) is 19.4 Å². The summed E-state index contributed by atoms with van der Waals surface area (Å²) in [5.74, 6) is 1.02. The Morgan fingerprint density at radius 1 is 1.23 bits per heavy atom. The molecule has 13 heavy (non-hydrogen) atoms. The van der Waals surface area contributed by atoms with E-state index in [1.807, 2.05) is 0 Å². The van der Waals surface area contributed by atoms with Crippen molar-refractivity contribution in [3.63, 3.8) is 0 Å². The third-order valence-electron chi connectivity index (χ3n) is 2.50. The van der Waals surface area contributed by atoms with Crippen molar-refractivity contribution in [1.82, 2.24) is 5.32 Å². The Labute approximate surface area is 82.1 Å². The van der Waals surface area contributed by atoms with Gasteiger partial charge >= 0.3 is 0 Å². The number of hydrogen-bond donors (Lipinski definition) is 1. The molecule has 0 aromatic rings. The first-order valence-corrected chi connectivity index (χ1v) is 5.46. The van der Waals surface area contributed by atoms with E-state index in [-0.39, 0.29) is 0 Å². The monoisotopic (exact) mass is 185 g/mol. The normalized spacial score (nSPS) is 10.8. The molecule has 0 aromatic carbocycles. The van der Waals surface area contributed by atoms with Crippen LogP contribution in [0.2, 0.25) is 0 Å². The third-order valence-corrected chi connectivity index (χ3v) is 2.50. The van der Waals surface area contributed by atoms with Crippen molar-refractivity contribution >= 4 is 5.78 Å². The van der Waals surface area contributed by atoms with Crippen LogP contribution in [0, 0.1) is 5.92 Å². The van der Waals surface area contributed by atoms with Gasteiger partial charge in [0.05, 0.1) is 0 Å². The lowest BCUT2D eigenvalue weighted by Gasteiger charge is -2.10. The molecule has 0 amide bonds. The Hall–Kier alpha value is -0.370. The van der Waals surface area contributed by atoms with Gasteiger partial charge in [-0.25, -0.2) is 0 Å². The zero-order valence-corrected chi connectivity index (χ0v) is 9.23. The second kappa shape index (κ2) is 8.24. The molecule has 0 heterocycles. The zero-order chi connectivity index (χ0) is 10.1. The van der Waals surface area contributed by atoms with Crippen LogP contribution in [0.5, 0.6) is 0 Å². The van der Waals surface area contributed by atoms with Crippen LogP contribution >= 0.6 is 0 Å². The average molecular weight is 185 g/mol. The van der Waals surface area contributed by atoms with Gasteiger partial charge in [0.25, 0.3) is 0 Å². The Morgan fingerprint density at radius 2 is 1.85 bits per heavy atom. The highest BCUT2D eigenvalue weighted by Gasteiger charge is 2.09. The zero-order valence-electron chi connectivity index (χ0n) is 9.23. The van der Waals surface area contributed by atoms with Crippen LogP contribution in [-0.4, -0.2) is 18.9 Å². The molecule has 0 aromatic heterocycles. The predicted octanol–water partition coefficient (Wildman–Crippen LogP) is 2.38. The number of carbonyl (C=O) groups is 1. The summed E-state index contributed by atoms with van der Waals surface area (Å²) < 4.78 is 0. The van der Waals surface area contributed by atoms with Crippen LogP contribution in [0.1, 0.15) is 46.5 Å². The summed E-state index contributed by atoms with van der Waals surface area (Å²) in [5, 5.41) is 3.17. The van der Waals surface area contributed by atoms with Crippen LogP contribution in [0.25, 0.3) is 0 Å². The molecule has 0 bridgehead atoms. The molecule has 0 saturated heterocycles. The first-order chi connectivity index (χ1) is 6.24. The number of carbonyl (C=O) groups excluding carboxylic acids is 1. The number of hydrogen-bond acceptors (Lipinski definition) is 2. The molecule has 0 atom stereocenters. The summed E-state index contributed by atoms with van der Waals surface area (Å²) >= 11 is 0. The van der Waals surface area contributed by atoms with Crippen molar-refractivity contribution in [3.05, 3.63) is 0 Å². The van der Waals surface area contributed by atoms with E-state index in [1.54, 1.807) is 0 Å². The van der Waals surface area contributed by atoms with Gasteiger partial charge in [-0.15, -0.1) is 0 Å². The lowest BCUT2D eigenvalue weighted by molar-refractivity contribution is -0.119. The fourth-order valence-electron chi connectivity index (χ4n) is 1.41. The van der Waals surface area contributed by atoms with E-state index in [4.69, 9.17) is 0 Å². The second-order valence-electron chi connectivity index (χ2n) is 3.53. The minimum atomic E-state index is 0.412. The molecule has 0 unspecified atom stereocenters. The van der Waals surface area contributed by atoms with E-state index >= 15 is 0 Å². The maximum Gasteiger partial charge on any atom is 0.134 e. The fourth-order valence-corrected chi connectivity index (χ4v) is 1.41. The smallest absolute Gasteiger partial charge is 0.134 e. The van der Waals surface area contributed by atoms with Gasteiger partial charge in [0.1, 0.15) is 5.78 Å². The molecule has 0 aliphatic heterocycles. The fraction of sp³-hybridized carbons (Fsp3) is 0.909. The summed E-state index contributed by atoms with van der Waals surface area (Å²) in [5.41, 5.74) is 0. The molecule has 2 heteroatoms. The van der Waals surface area contributed by atoms with Gasteiger partial charge in [-0.2, -0.15) is 0 Å². The average Bonchev–Trinajstić information content (AvgIpc) is 2.14. The SMILES string of the molecule is CCNCCC(=O)CC(CC)CC. The van der Waals surface area contributed by atoms with Gasteiger partial charge in [-0.3, -0.25) is 4.79 Å². The van der Waals surface area contributed by atoms with Crippen LogP contribution in [-0.2, 0) is 4.79 Å². The molecule has 0 spiro atoms. The topological polar surface area (TPSA) is 29.1 Å². The Kier molecular flexibility index (Phi) is 8.00. The van der Waals surface area contributed by atoms with Gasteiger partial charge < -0.3 is 5.32 Å². The van der Waals surface area contributed by atoms with Crippen molar-refractivity contribution in [2.24, 2.45) is 5.92 Å². The van der Waals surface area contributed by atoms with E-state index in [9.17, 15) is 4.79 Å². The number of ketones is 1. The lowest BCUT2D eigenvalue weighted by atomic mass is 9.96. The van der Waals surface area contributed by atoms with Gasteiger partial charge in [0.15, 0.2) is 0 Å². The molecule has 0 radical (unpaired) electrons. The number of Topliss-reactive ketones (excluding diaryl/α,β-unsaturated/α-hetero) is 1. The Morgan fingerprint density at radius 3 is 2.31 bits per heavy atom. The third kappa shape index (κ3) is 6.76. The molecular weight excluding hydrogens is 162 g/mol. The first kappa shape index (κ1) is 12.6. The molecule has 1 N–H and O–H groups in total. The first-order valence-electron chi connectivity index (χ1n) is 5.46. The van der Waals surface area contributed by atoms with Crippen LogP contribution in [0.15, 0.2) is 0 Å². The van der Waals surface area contributed by atoms with E-state index in [2.05, 4.69) is 26.1 Å². The lowest BCUT2D eigenvalue weighted by Crippen LogP contribution is -2.18. The van der Waals surface area contributed by atoms with Gasteiger partial charge in [-0.1, -0.05) is 33.6 Å². The quantitative estimate of drug-likeness (QED) is 0.588. The Bertz CT molecular complexity index is 130. The van der Waals surface area contributed by atoms with E-state index in [0.29, 0.717) is 18.1 Å². The molecule has 0 aliphatic rings. The van der Waals surface area contributed by atoms with Crippen molar-refractivity contribution < 1.29 is 4.79 Å². The second-order valence-corrected chi connectivity index (χ2v) is 3.53. The molecular formula is C11H23NO. The van der Waals surface area contributed by atoms with E-state index < -0.39 is 0 Å². The minimum Gasteiger partial charge on any atom is -0.317 e. The summed E-state index contributed by atoms with van der Waals surface area (Å²) in [6, 6.07) is 0. The van der Waals surface area contributed by atoms with Crippen molar-refractivity contribution in [2.45, 2.75) is 46.5 Å². The maximum atomic E-state index is 11.4. The maximum absolute atomic E-state index is 11.4. The van der Waals surface area contributed by atoms with Crippen LogP contribution in [0.3, 0.4) is 0 Å². The molecule has 2 nitrogen and oxygen atoms in total. The summed E-state index contributed by atoms with van der Waals surface area (Å²) in [4.78, 5) is 11.4. The Balaban J connectivity index is 3.48.